The summed E-state index contributed by atoms with van der Waals surface area (Å²) in [6.45, 7) is -0.362. The lowest BCUT2D eigenvalue weighted by molar-refractivity contribution is -0.133. The molecule has 0 spiro atoms. The number of fused-ring (bicyclic) bond motifs is 1. The van der Waals surface area contributed by atoms with Gasteiger partial charge in [-0.1, -0.05) is 36.4 Å². The maximum atomic E-state index is 13.8. The van der Waals surface area contributed by atoms with Crippen LogP contribution in [0.1, 0.15) is 15.9 Å². The number of methoxy groups -OCH3 is 1. The van der Waals surface area contributed by atoms with Gasteiger partial charge in [0, 0.05) is 19.0 Å². The number of esters is 1. The van der Waals surface area contributed by atoms with Gasteiger partial charge in [-0.25, -0.2) is 9.18 Å². The Morgan fingerprint density at radius 3 is 2.59 bits per heavy atom. The van der Waals surface area contributed by atoms with E-state index in [9.17, 15) is 19.1 Å². The number of rotatable bonds is 6. The summed E-state index contributed by atoms with van der Waals surface area (Å²) >= 11 is 0. The zero-order valence-electron chi connectivity index (χ0n) is 16.0. The van der Waals surface area contributed by atoms with Crippen LogP contribution in [0.4, 0.5) is 4.39 Å². The molecule has 6 nitrogen and oxygen atoms in total. The normalized spacial score (nSPS) is 10.6. The third-order valence-electron chi connectivity index (χ3n) is 4.51. The average molecular weight is 397 g/mol. The Labute approximate surface area is 167 Å². The monoisotopic (exact) mass is 397 g/mol. The van der Waals surface area contributed by atoms with Crippen LogP contribution in [-0.2, 0) is 16.1 Å². The minimum atomic E-state index is -0.800. The van der Waals surface area contributed by atoms with Gasteiger partial charge in [0.05, 0.1) is 7.11 Å². The number of hydrogen-bond donors (Lipinski definition) is 1. The fraction of sp³-hybridized carbons (Fsp3) is 0.182. The zero-order valence-corrected chi connectivity index (χ0v) is 16.0. The summed E-state index contributed by atoms with van der Waals surface area (Å²) in [5.74, 6) is -1.86. The summed E-state index contributed by atoms with van der Waals surface area (Å²) in [7, 11) is 2.89. The number of halogens is 1. The van der Waals surface area contributed by atoms with Gasteiger partial charge in [-0.05, 0) is 29.1 Å². The topological polar surface area (TPSA) is 76.1 Å². The molecular formula is C22H20FNO5. The Morgan fingerprint density at radius 1 is 1.10 bits per heavy atom. The van der Waals surface area contributed by atoms with Crippen molar-refractivity contribution in [1.29, 1.82) is 0 Å². The standard InChI is InChI=1S/C22H20FNO5/c1-24(12-14-7-10-19(28-2)18(23)11-14)20(25)13-29-22(27)17-9-8-15-5-3-4-6-16(15)21(17)26/h3-11,26H,12-13H2,1-2H3. The van der Waals surface area contributed by atoms with Crippen LogP contribution in [0, 0.1) is 5.82 Å². The average Bonchev–Trinajstić information content (AvgIpc) is 2.72. The molecule has 0 radical (unpaired) electrons. The second-order valence-electron chi connectivity index (χ2n) is 6.48. The highest BCUT2D eigenvalue weighted by atomic mass is 19.1. The molecule has 0 fully saturated rings. The van der Waals surface area contributed by atoms with Crippen molar-refractivity contribution in [3.8, 4) is 11.5 Å². The molecule has 7 heteroatoms. The van der Waals surface area contributed by atoms with Crippen molar-refractivity contribution in [2.24, 2.45) is 0 Å². The second-order valence-corrected chi connectivity index (χ2v) is 6.48. The largest absolute Gasteiger partial charge is 0.506 e. The third-order valence-corrected chi connectivity index (χ3v) is 4.51. The van der Waals surface area contributed by atoms with E-state index in [-0.39, 0.29) is 23.6 Å². The first-order valence-electron chi connectivity index (χ1n) is 8.85. The molecule has 3 rings (SSSR count). The Kier molecular flexibility index (Phi) is 5.97. The van der Waals surface area contributed by atoms with E-state index in [2.05, 4.69) is 0 Å². The number of phenols is 1. The predicted molar refractivity (Wildman–Crippen MR) is 105 cm³/mol. The molecule has 0 aliphatic heterocycles. The number of phenolic OH excluding ortho intramolecular Hbond substituents is 1. The molecule has 1 N–H and O–H groups in total. The number of nitrogens with zero attached hydrogens (tertiary/aromatic N) is 1. The van der Waals surface area contributed by atoms with Crippen LogP contribution in [0.15, 0.2) is 54.6 Å². The molecule has 3 aromatic carbocycles. The first kappa shape index (κ1) is 20.1. The maximum Gasteiger partial charge on any atom is 0.342 e. The van der Waals surface area contributed by atoms with Crippen LogP contribution in [0.3, 0.4) is 0 Å². The fourth-order valence-electron chi connectivity index (χ4n) is 2.91. The van der Waals surface area contributed by atoms with Crippen LogP contribution >= 0.6 is 0 Å². The smallest absolute Gasteiger partial charge is 0.342 e. The van der Waals surface area contributed by atoms with Gasteiger partial charge in [-0.15, -0.1) is 0 Å². The molecule has 0 heterocycles. The molecule has 0 unspecified atom stereocenters. The van der Waals surface area contributed by atoms with Crippen molar-refractivity contribution < 1.29 is 28.6 Å². The lowest BCUT2D eigenvalue weighted by Gasteiger charge is -2.18. The first-order valence-corrected chi connectivity index (χ1v) is 8.85. The van der Waals surface area contributed by atoms with Gasteiger partial charge in [0.25, 0.3) is 5.91 Å². The van der Waals surface area contributed by atoms with Gasteiger partial charge in [0.15, 0.2) is 18.2 Å². The molecule has 0 aliphatic carbocycles. The summed E-state index contributed by atoms with van der Waals surface area (Å²) < 4.78 is 23.7. The lowest BCUT2D eigenvalue weighted by Crippen LogP contribution is -2.30. The summed E-state index contributed by atoms with van der Waals surface area (Å²) in [6.07, 6.45) is 0. The van der Waals surface area contributed by atoms with E-state index in [4.69, 9.17) is 9.47 Å². The van der Waals surface area contributed by atoms with E-state index in [1.807, 2.05) is 12.1 Å². The summed E-state index contributed by atoms with van der Waals surface area (Å²) in [4.78, 5) is 25.9. The molecule has 0 atom stereocenters. The van der Waals surface area contributed by atoms with Crippen LogP contribution in [0.25, 0.3) is 10.8 Å². The Bertz CT molecular complexity index is 1070. The van der Waals surface area contributed by atoms with Crippen molar-refractivity contribution in [3.63, 3.8) is 0 Å². The summed E-state index contributed by atoms with van der Waals surface area (Å²) in [5, 5.41) is 11.6. The third kappa shape index (κ3) is 4.45. The number of hydrogen-bond acceptors (Lipinski definition) is 5. The van der Waals surface area contributed by atoms with E-state index >= 15 is 0 Å². The molecule has 0 saturated heterocycles. The molecule has 0 saturated carbocycles. The second kappa shape index (κ2) is 8.60. The van der Waals surface area contributed by atoms with Gasteiger partial charge in [0.2, 0.25) is 0 Å². The van der Waals surface area contributed by atoms with Gasteiger partial charge >= 0.3 is 5.97 Å². The number of ether oxygens (including phenoxy) is 2. The van der Waals surface area contributed by atoms with Gasteiger partial charge < -0.3 is 19.5 Å². The molecule has 1 amide bonds. The number of likely N-dealkylation sites (N-methyl/N-ethyl adjacent to an activating group) is 1. The minimum Gasteiger partial charge on any atom is -0.506 e. The summed E-state index contributed by atoms with van der Waals surface area (Å²) in [5.41, 5.74) is 0.550. The number of benzene rings is 3. The molecular weight excluding hydrogens is 377 g/mol. The van der Waals surface area contributed by atoms with Crippen molar-refractivity contribution in [3.05, 3.63) is 71.5 Å². The van der Waals surface area contributed by atoms with E-state index in [0.717, 1.165) is 5.39 Å². The first-order chi connectivity index (χ1) is 13.9. The van der Waals surface area contributed by atoms with Crippen molar-refractivity contribution in [2.45, 2.75) is 6.54 Å². The Balaban J connectivity index is 1.62. The Morgan fingerprint density at radius 2 is 1.86 bits per heavy atom. The van der Waals surface area contributed by atoms with Crippen LogP contribution in [-0.4, -0.2) is 42.6 Å². The highest BCUT2D eigenvalue weighted by Gasteiger charge is 2.18. The molecule has 3 aromatic rings. The minimum absolute atomic E-state index is 0.0172. The van der Waals surface area contributed by atoms with Crippen molar-refractivity contribution in [1.82, 2.24) is 4.90 Å². The SMILES string of the molecule is COc1ccc(CN(C)C(=O)COC(=O)c2ccc3ccccc3c2O)cc1F. The van der Waals surface area contributed by atoms with Crippen LogP contribution in [0.2, 0.25) is 0 Å². The molecule has 0 bridgehead atoms. The van der Waals surface area contributed by atoms with Crippen molar-refractivity contribution >= 4 is 22.6 Å². The predicted octanol–water partition coefficient (Wildman–Crippen LogP) is 3.51. The van der Waals surface area contributed by atoms with E-state index in [0.29, 0.717) is 10.9 Å². The van der Waals surface area contributed by atoms with E-state index in [1.54, 1.807) is 24.3 Å². The molecule has 0 aliphatic rings. The molecule has 29 heavy (non-hydrogen) atoms. The summed E-state index contributed by atoms with van der Waals surface area (Å²) in [6, 6.07) is 14.6. The highest BCUT2D eigenvalue weighted by Crippen LogP contribution is 2.29. The van der Waals surface area contributed by atoms with E-state index < -0.39 is 24.3 Å². The van der Waals surface area contributed by atoms with Gasteiger partial charge in [-0.2, -0.15) is 0 Å². The lowest BCUT2D eigenvalue weighted by atomic mass is 10.1. The number of carbonyl (C=O) groups is 2. The quantitative estimate of drug-likeness (QED) is 0.644. The highest BCUT2D eigenvalue weighted by molar-refractivity contribution is 6.01. The number of aromatic hydroxyl groups is 1. The van der Waals surface area contributed by atoms with Crippen LogP contribution in [0.5, 0.6) is 11.5 Å². The fourth-order valence-corrected chi connectivity index (χ4v) is 2.91. The zero-order chi connectivity index (χ0) is 21.0. The molecule has 150 valence electrons. The van der Waals surface area contributed by atoms with Crippen LogP contribution < -0.4 is 4.74 Å². The molecule has 0 aromatic heterocycles. The number of carbonyl (C=O) groups excluding carboxylic acids is 2. The Hall–Kier alpha value is -3.61. The maximum absolute atomic E-state index is 13.8. The van der Waals surface area contributed by atoms with Gasteiger partial charge in [-0.3, -0.25) is 4.79 Å². The van der Waals surface area contributed by atoms with Gasteiger partial charge in [0.1, 0.15) is 11.3 Å². The van der Waals surface area contributed by atoms with Crippen molar-refractivity contribution in [2.75, 3.05) is 20.8 Å². The number of amides is 1. The van der Waals surface area contributed by atoms with E-state index in [1.165, 1.54) is 37.3 Å².